The molecule has 0 unspecified atom stereocenters. The molecule has 2 aliphatic heterocycles. The number of ether oxygens (including phenoxy) is 3. The molecule has 0 saturated heterocycles. The van der Waals surface area contributed by atoms with Crippen LogP contribution in [0, 0.1) is 0 Å². The van der Waals surface area contributed by atoms with Crippen molar-refractivity contribution in [3.63, 3.8) is 0 Å². The lowest BCUT2D eigenvalue weighted by Crippen LogP contribution is -2.04. The number of fused-ring (bicyclic) bond motifs is 3. The second-order valence-corrected chi connectivity index (χ2v) is 7.76. The number of nitrogens with zero attached hydrogens (tertiary/aromatic N) is 3. The lowest BCUT2D eigenvalue weighted by molar-refractivity contribution is 0.340. The number of benzene rings is 3. The van der Waals surface area contributed by atoms with Crippen LogP contribution in [0.3, 0.4) is 0 Å². The summed E-state index contributed by atoms with van der Waals surface area (Å²) in [5.41, 5.74) is 5.95. The van der Waals surface area contributed by atoms with Gasteiger partial charge in [-0.1, -0.05) is 12.1 Å². The van der Waals surface area contributed by atoms with Gasteiger partial charge in [0.1, 0.15) is 28.6 Å². The largest absolute Gasteiger partial charge is 0.497 e. The van der Waals surface area contributed by atoms with E-state index in [1.807, 2.05) is 49.4 Å². The molecule has 3 aromatic rings. The molecule has 0 bridgehead atoms. The summed E-state index contributed by atoms with van der Waals surface area (Å²) in [5.74, 6) is 2.48. The molecule has 2 aliphatic rings. The van der Waals surface area contributed by atoms with Gasteiger partial charge in [-0.05, 0) is 67.1 Å². The smallest absolute Gasteiger partial charge is 0.120 e. The van der Waals surface area contributed by atoms with Crippen LogP contribution in [0.2, 0.25) is 0 Å². The topological polar surface area (TPSA) is 58.4 Å². The van der Waals surface area contributed by atoms with Gasteiger partial charge in [0.05, 0.1) is 26.3 Å². The van der Waals surface area contributed by atoms with Crippen molar-refractivity contribution >= 4 is 10.9 Å². The van der Waals surface area contributed by atoms with Crippen molar-refractivity contribution in [2.24, 2.45) is 0 Å². The Kier molecular flexibility index (Phi) is 5.57. The van der Waals surface area contributed by atoms with Gasteiger partial charge in [0.15, 0.2) is 0 Å². The average molecular weight is 440 g/mol. The second kappa shape index (κ2) is 8.82. The quantitative estimate of drug-likeness (QED) is 0.327. The van der Waals surface area contributed by atoms with Crippen molar-refractivity contribution in [2.75, 3.05) is 20.8 Å². The lowest BCUT2D eigenvalue weighted by atomic mass is 10.0. The Bertz CT molecular complexity index is 1360. The van der Waals surface area contributed by atoms with E-state index in [9.17, 15) is 0 Å². The zero-order valence-corrected chi connectivity index (χ0v) is 18.9. The molecule has 0 atom stereocenters. The highest BCUT2D eigenvalue weighted by Crippen LogP contribution is 2.38. The molecule has 6 nitrogen and oxygen atoms in total. The van der Waals surface area contributed by atoms with Crippen molar-refractivity contribution in [2.45, 2.75) is 13.5 Å². The molecule has 5 rings (SSSR count). The average Bonchev–Trinajstić information content (AvgIpc) is 3.29. The summed E-state index contributed by atoms with van der Waals surface area (Å²) in [6, 6.07) is 22.2. The van der Waals surface area contributed by atoms with Gasteiger partial charge in [0.2, 0.25) is 0 Å². The zero-order chi connectivity index (χ0) is 22.8. The highest BCUT2D eigenvalue weighted by atomic mass is 16.5. The van der Waals surface area contributed by atoms with Crippen LogP contribution in [-0.2, 0) is 6.54 Å². The van der Waals surface area contributed by atoms with E-state index in [4.69, 9.17) is 14.2 Å². The second-order valence-electron chi connectivity index (χ2n) is 7.76. The molecule has 0 saturated carbocycles. The molecule has 0 amide bonds. The van der Waals surface area contributed by atoms with Crippen LogP contribution in [0.4, 0.5) is 0 Å². The Morgan fingerprint density at radius 1 is 0.758 bits per heavy atom. The van der Waals surface area contributed by atoms with Gasteiger partial charge >= 0.3 is 0 Å². The third-order valence-corrected chi connectivity index (χ3v) is 5.76. The summed E-state index contributed by atoms with van der Waals surface area (Å²) in [5, 5.41) is 10.1. The fourth-order valence-electron chi connectivity index (χ4n) is 4.10. The number of pyridine rings is 1. The van der Waals surface area contributed by atoms with Crippen molar-refractivity contribution in [1.29, 1.82) is 0 Å². The van der Waals surface area contributed by atoms with Crippen LogP contribution >= 0.6 is 0 Å². The Hall–Kier alpha value is -4.06. The molecular weight excluding hydrogens is 414 g/mol. The highest BCUT2D eigenvalue weighted by Gasteiger charge is 2.21. The Balaban J connectivity index is 1.67. The standard InChI is InChI=1S/C27H25N3O3/c1-4-33-22-13-14-25-23(15-22)27-24(17-30(25)16-18-5-9-20(31-2)10-6-18)26(28-29-27)19-7-11-21(32-3)12-8-19/h5-15,17H,4,16H2,1-3H3. The fraction of sp³-hybridized carbons (Fsp3) is 0.185. The van der Waals surface area contributed by atoms with Gasteiger partial charge in [-0.3, -0.25) is 0 Å². The minimum atomic E-state index is 0.608. The SMILES string of the molecule is CCOc1ccc2c(c1)c1nnc(-c3ccc(OC)cc3)c-1cn2Cc1ccc(OC)cc1. The third kappa shape index (κ3) is 3.96. The van der Waals surface area contributed by atoms with E-state index in [0.717, 1.165) is 50.7 Å². The van der Waals surface area contributed by atoms with Crippen LogP contribution in [0.5, 0.6) is 17.2 Å². The fourth-order valence-corrected chi connectivity index (χ4v) is 4.10. The van der Waals surface area contributed by atoms with Crippen LogP contribution in [-0.4, -0.2) is 35.6 Å². The van der Waals surface area contributed by atoms with Gasteiger partial charge in [-0.25, -0.2) is 0 Å². The van der Waals surface area contributed by atoms with E-state index in [-0.39, 0.29) is 0 Å². The molecule has 0 N–H and O–H groups in total. The van der Waals surface area contributed by atoms with E-state index < -0.39 is 0 Å². The predicted molar refractivity (Wildman–Crippen MR) is 129 cm³/mol. The number of methoxy groups -OCH3 is 2. The number of hydrogen-bond acceptors (Lipinski definition) is 5. The van der Waals surface area contributed by atoms with Crippen LogP contribution in [0.1, 0.15) is 12.5 Å². The zero-order valence-electron chi connectivity index (χ0n) is 18.9. The first-order valence-corrected chi connectivity index (χ1v) is 10.9. The Labute approximate surface area is 192 Å². The first-order chi connectivity index (χ1) is 16.2. The number of aromatic nitrogens is 3. The molecule has 0 spiro atoms. The molecule has 2 heterocycles. The van der Waals surface area contributed by atoms with Gasteiger partial charge in [-0.2, -0.15) is 0 Å². The maximum absolute atomic E-state index is 5.78. The molecule has 33 heavy (non-hydrogen) atoms. The molecule has 0 fully saturated rings. The van der Waals surface area contributed by atoms with Crippen LogP contribution in [0.15, 0.2) is 72.9 Å². The minimum absolute atomic E-state index is 0.608. The van der Waals surface area contributed by atoms with Gasteiger partial charge in [0.25, 0.3) is 0 Å². The summed E-state index contributed by atoms with van der Waals surface area (Å²) in [6.45, 7) is 3.30. The molecular formula is C27H25N3O3. The van der Waals surface area contributed by atoms with Crippen molar-refractivity contribution < 1.29 is 14.2 Å². The monoisotopic (exact) mass is 439 g/mol. The minimum Gasteiger partial charge on any atom is -0.497 e. The molecule has 166 valence electrons. The summed E-state index contributed by atoms with van der Waals surface area (Å²) in [6.07, 6.45) is 2.14. The van der Waals surface area contributed by atoms with Gasteiger partial charge in [-0.15, -0.1) is 10.2 Å². The molecule has 0 aromatic heterocycles. The normalized spacial score (nSPS) is 11.1. The van der Waals surface area contributed by atoms with E-state index >= 15 is 0 Å². The Morgan fingerprint density at radius 2 is 1.39 bits per heavy atom. The van der Waals surface area contributed by atoms with Crippen molar-refractivity contribution in [3.8, 4) is 39.8 Å². The van der Waals surface area contributed by atoms with Crippen LogP contribution < -0.4 is 14.2 Å². The van der Waals surface area contributed by atoms with E-state index in [2.05, 4.69) is 45.2 Å². The summed E-state index contributed by atoms with van der Waals surface area (Å²) in [4.78, 5) is 0. The van der Waals surface area contributed by atoms with E-state index in [1.54, 1.807) is 14.2 Å². The van der Waals surface area contributed by atoms with E-state index in [1.165, 1.54) is 5.56 Å². The lowest BCUT2D eigenvalue weighted by Gasteiger charge is -2.16. The molecule has 3 aromatic carbocycles. The van der Waals surface area contributed by atoms with Crippen LogP contribution in [0.25, 0.3) is 33.4 Å². The predicted octanol–water partition coefficient (Wildman–Crippen LogP) is 5.67. The molecule has 0 aliphatic carbocycles. The third-order valence-electron chi connectivity index (χ3n) is 5.76. The van der Waals surface area contributed by atoms with Crippen molar-refractivity contribution in [1.82, 2.24) is 14.8 Å². The van der Waals surface area contributed by atoms with Gasteiger partial charge < -0.3 is 18.8 Å². The Morgan fingerprint density at radius 3 is 2.06 bits per heavy atom. The number of hydrogen-bond donors (Lipinski definition) is 0. The molecule has 6 heteroatoms. The summed E-state index contributed by atoms with van der Waals surface area (Å²) >= 11 is 0. The van der Waals surface area contributed by atoms with Crippen molar-refractivity contribution in [3.05, 3.63) is 78.5 Å². The molecule has 0 radical (unpaired) electrons. The first kappa shape index (κ1) is 20.8. The van der Waals surface area contributed by atoms with E-state index in [0.29, 0.717) is 13.2 Å². The highest BCUT2D eigenvalue weighted by molar-refractivity contribution is 5.98. The summed E-state index contributed by atoms with van der Waals surface area (Å²) in [7, 11) is 3.34. The van der Waals surface area contributed by atoms with Gasteiger partial charge in [0, 0.05) is 29.3 Å². The maximum Gasteiger partial charge on any atom is 0.120 e. The first-order valence-electron chi connectivity index (χ1n) is 10.9. The number of rotatable bonds is 7. The summed E-state index contributed by atoms with van der Waals surface area (Å²) < 4.78 is 18.6. The maximum atomic E-state index is 5.78.